The van der Waals surface area contributed by atoms with E-state index in [0.29, 0.717) is 0 Å². The van der Waals surface area contributed by atoms with Gasteiger partial charge in [-0.05, 0) is 35.9 Å². The van der Waals surface area contributed by atoms with Gasteiger partial charge in [-0.1, -0.05) is 35.6 Å². The van der Waals surface area contributed by atoms with E-state index in [1.807, 2.05) is 48.7 Å². The standard InChI is InChI=1S/C19H15N3OS/c1-23-16-9-14(11-20-12-16)13-7-8-17-18(10-13)24-19(22-17)21-15-5-3-2-4-6-15/h2-12H,1H3,(H,21,22). The first-order chi connectivity index (χ1) is 11.8. The number of nitrogens with one attached hydrogen (secondary N) is 1. The average molecular weight is 333 g/mol. The Labute approximate surface area is 143 Å². The maximum absolute atomic E-state index is 5.25. The zero-order valence-electron chi connectivity index (χ0n) is 13.1. The minimum atomic E-state index is 0.753. The van der Waals surface area contributed by atoms with E-state index in [2.05, 4.69) is 27.4 Å². The van der Waals surface area contributed by atoms with Gasteiger partial charge in [-0.15, -0.1) is 0 Å². The van der Waals surface area contributed by atoms with Gasteiger partial charge in [0.25, 0.3) is 0 Å². The number of para-hydroxylation sites is 1. The van der Waals surface area contributed by atoms with Crippen LogP contribution in [0.5, 0.6) is 5.75 Å². The molecule has 0 unspecified atom stereocenters. The second-order valence-electron chi connectivity index (χ2n) is 5.31. The molecule has 0 aliphatic heterocycles. The second kappa shape index (κ2) is 6.29. The van der Waals surface area contributed by atoms with Crippen LogP contribution in [-0.2, 0) is 0 Å². The molecular weight excluding hydrogens is 318 g/mol. The third kappa shape index (κ3) is 2.94. The summed E-state index contributed by atoms with van der Waals surface area (Å²) in [6.07, 6.45) is 3.55. The van der Waals surface area contributed by atoms with Crippen LogP contribution < -0.4 is 10.1 Å². The predicted octanol–water partition coefficient (Wildman–Crippen LogP) is 5.11. The number of rotatable bonds is 4. The van der Waals surface area contributed by atoms with Crippen LogP contribution in [0.3, 0.4) is 0 Å². The Hall–Kier alpha value is -2.92. The summed E-state index contributed by atoms with van der Waals surface area (Å²) >= 11 is 1.64. The van der Waals surface area contributed by atoms with Gasteiger partial charge in [0.2, 0.25) is 0 Å². The number of thiazole rings is 1. The SMILES string of the molecule is COc1cncc(-c2ccc3nc(Nc4ccccc4)sc3c2)c1. The van der Waals surface area contributed by atoms with Crippen LogP contribution in [0.2, 0.25) is 0 Å². The number of hydrogen-bond acceptors (Lipinski definition) is 5. The predicted molar refractivity (Wildman–Crippen MR) is 99.1 cm³/mol. The molecule has 2 heterocycles. The molecule has 0 atom stereocenters. The number of aromatic nitrogens is 2. The van der Waals surface area contributed by atoms with Crippen molar-refractivity contribution in [1.82, 2.24) is 9.97 Å². The lowest BCUT2D eigenvalue weighted by molar-refractivity contribution is 0.413. The molecule has 4 nitrogen and oxygen atoms in total. The first-order valence-corrected chi connectivity index (χ1v) is 8.35. The van der Waals surface area contributed by atoms with Crippen LogP contribution in [0, 0.1) is 0 Å². The molecule has 24 heavy (non-hydrogen) atoms. The van der Waals surface area contributed by atoms with Crippen LogP contribution >= 0.6 is 11.3 Å². The van der Waals surface area contributed by atoms with Gasteiger partial charge in [0.05, 0.1) is 23.5 Å². The number of fused-ring (bicyclic) bond motifs is 1. The molecule has 0 saturated carbocycles. The Balaban J connectivity index is 1.68. The molecule has 0 saturated heterocycles. The third-order valence-electron chi connectivity index (χ3n) is 3.70. The van der Waals surface area contributed by atoms with E-state index in [4.69, 9.17) is 4.74 Å². The Bertz CT molecular complexity index is 982. The molecule has 0 amide bonds. The van der Waals surface area contributed by atoms with E-state index in [0.717, 1.165) is 37.9 Å². The lowest BCUT2D eigenvalue weighted by Gasteiger charge is -2.03. The Morgan fingerprint density at radius 1 is 0.958 bits per heavy atom. The number of nitrogens with zero attached hydrogens (tertiary/aromatic N) is 2. The molecule has 5 heteroatoms. The summed E-state index contributed by atoms with van der Waals surface area (Å²) in [6, 6.07) is 18.3. The van der Waals surface area contributed by atoms with Crippen molar-refractivity contribution in [3.63, 3.8) is 0 Å². The molecule has 0 fully saturated rings. The molecule has 0 aliphatic rings. The summed E-state index contributed by atoms with van der Waals surface area (Å²) in [4.78, 5) is 8.87. The zero-order valence-corrected chi connectivity index (χ0v) is 13.9. The third-order valence-corrected chi connectivity index (χ3v) is 4.63. The van der Waals surface area contributed by atoms with E-state index in [1.165, 1.54) is 0 Å². The number of benzene rings is 2. The zero-order chi connectivity index (χ0) is 16.4. The molecule has 4 aromatic rings. The molecule has 118 valence electrons. The van der Waals surface area contributed by atoms with Crippen LogP contribution in [0.25, 0.3) is 21.3 Å². The number of anilines is 2. The fraction of sp³-hybridized carbons (Fsp3) is 0.0526. The lowest BCUT2D eigenvalue weighted by atomic mass is 10.1. The van der Waals surface area contributed by atoms with Gasteiger partial charge in [0.1, 0.15) is 5.75 Å². The summed E-state index contributed by atoms with van der Waals surface area (Å²) in [5.41, 5.74) is 4.15. The maximum Gasteiger partial charge on any atom is 0.188 e. The van der Waals surface area contributed by atoms with E-state index >= 15 is 0 Å². The number of pyridine rings is 1. The summed E-state index contributed by atoms with van der Waals surface area (Å²) in [5.74, 6) is 0.753. The van der Waals surface area contributed by atoms with Crippen molar-refractivity contribution < 1.29 is 4.74 Å². The van der Waals surface area contributed by atoms with E-state index < -0.39 is 0 Å². The molecule has 4 rings (SSSR count). The molecule has 0 radical (unpaired) electrons. The van der Waals surface area contributed by atoms with Gasteiger partial charge in [-0.25, -0.2) is 4.98 Å². The van der Waals surface area contributed by atoms with E-state index in [1.54, 1.807) is 24.6 Å². The summed E-state index contributed by atoms with van der Waals surface area (Å²) < 4.78 is 6.39. The van der Waals surface area contributed by atoms with Gasteiger partial charge in [0.15, 0.2) is 5.13 Å². The van der Waals surface area contributed by atoms with Crippen molar-refractivity contribution >= 4 is 32.4 Å². The van der Waals surface area contributed by atoms with Crippen molar-refractivity contribution in [2.75, 3.05) is 12.4 Å². The highest BCUT2D eigenvalue weighted by Gasteiger charge is 2.07. The highest BCUT2D eigenvalue weighted by atomic mass is 32.1. The van der Waals surface area contributed by atoms with Crippen molar-refractivity contribution in [3.8, 4) is 16.9 Å². The van der Waals surface area contributed by atoms with Crippen molar-refractivity contribution in [2.45, 2.75) is 0 Å². The molecular formula is C19H15N3OS. The average Bonchev–Trinajstić information content (AvgIpc) is 3.04. The topological polar surface area (TPSA) is 47.0 Å². The second-order valence-corrected chi connectivity index (χ2v) is 6.34. The minimum absolute atomic E-state index is 0.753. The summed E-state index contributed by atoms with van der Waals surface area (Å²) in [6.45, 7) is 0. The highest BCUT2D eigenvalue weighted by molar-refractivity contribution is 7.22. The van der Waals surface area contributed by atoms with Crippen LogP contribution in [-0.4, -0.2) is 17.1 Å². The number of methoxy groups -OCH3 is 1. The van der Waals surface area contributed by atoms with Gasteiger partial charge < -0.3 is 10.1 Å². The Morgan fingerprint density at radius 3 is 2.67 bits per heavy atom. The maximum atomic E-state index is 5.25. The van der Waals surface area contributed by atoms with Gasteiger partial charge >= 0.3 is 0 Å². The minimum Gasteiger partial charge on any atom is -0.495 e. The molecule has 0 bridgehead atoms. The van der Waals surface area contributed by atoms with Crippen LogP contribution in [0.1, 0.15) is 0 Å². The fourth-order valence-corrected chi connectivity index (χ4v) is 3.42. The van der Waals surface area contributed by atoms with Crippen molar-refractivity contribution in [3.05, 3.63) is 67.0 Å². The van der Waals surface area contributed by atoms with Gasteiger partial charge in [0, 0.05) is 17.4 Å². The molecule has 2 aromatic carbocycles. The van der Waals surface area contributed by atoms with Gasteiger partial charge in [-0.2, -0.15) is 0 Å². The molecule has 0 aliphatic carbocycles. The highest BCUT2D eigenvalue weighted by Crippen LogP contribution is 2.32. The lowest BCUT2D eigenvalue weighted by Crippen LogP contribution is -1.87. The van der Waals surface area contributed by atoms with E-state index in [9.17, 15) is 0 Å². The molecule has 1 N–H and O–H groups in total. The van der Waals surface area contributed by atoms with Crippen molar-refractivity contribution in [2.24, 2.45) is 0 Å². The van der Waals surface area contributed by atoms with Crippen LogP contribution in [0.4, 0.5) is 10.8 Å². The summed E-state index contributed by atoms with van der Waals surface area (Å²) in [7, 11) is 1.65. The van der Waals surface area contributed by atoms with Gasteiger partial charge in [-0.3, -0.25) is 4.98 Å². The normalized spacial score (nSPS) is 10.7. The van der Waals surface area contributed by atoms with E-state index in [-0.39, 0.29) is 0 Å². The summed E-state index contributed by atoms with van der Waals surface area (Å²) in [5, 5.41) is 4.23. The molecule has 0 spiro atoms. The fourth-order valence-electron chi connectivity index (χ4n) is 2.49. The largest absolute Gasteiger partial charge is 0.495 e. The number of ether oxygens (including phenoxy) is 1. The van der Waals surface area contributed by atoms with Crippen LogP contribution in [0.15, 0.2) is 67.0 Å². The smallest absolute Gasteiger partial charge is 0.188 e. The quantitative estimate of drug-likeness (QED) is 0.564. The first-order valence-electron chi connectivity index (χ1n) is 7.54. The van der Waals surface area contributed by atoms with Crippen molar-refractivity contribution in [1.29, 1.82) is 0 Å². The monoisotopic (exact) mass is 333 g/mol. The number of hydrogen-bond donors (Lipinski definition) is 1. The first kappa shape index (κ1) is 14.7. The molecule has 2 aromatic heterocycles. The Morgan fingerprint density at radius 2 is 1.83 bits per heavy atom. The Kier molecular flexibility index (Phi) is 3.84.